The van der Waals surface area contributed by atoms with E-state index in [-0.39, 0.29) is 11.9 Å². The van der Waals surface area contributed by atoms with Gasteiger partial charge in [-0.1, -0.05) is 24.3 Å². The van der Waals surface area contributed by atoms with E-state index in [9.17, 15) is 4.39 Å². The van der Waals surface area contributed by atoms with Crippen molar-refractivity contribution in [2.45, 2.75) is 26.9 Å². The summed E-state index contributed by atoms with van der Waals surface area (Å²) in [7, 11) is 0. The van der Waals surface area contributed by atoms with E-state index in [1.807, 2.05) is 51.1 Å². The van der Waals surface area contributed by atoms with E-state index < -0.39 is 0 Å². The summed E-state index contributed by atoms with van der Waals surface area (Å²) in [5.74, 6) is 1.29. The molecule has 3 aromatic rings. The molecule has 2 N–H and O–H groups in total. The maximum atomic E-state index is 13.8. The van der Waals surface area contributed by atoms with Crippen LogP contribution < -0.4 is 15.4 Å². The van der Waals surface area contributed by atoms with Crippen molar-refractivity contribution in [1.29, 1.82) is 0 Å². The van der Waals surface area contributed by atoms with Crippen LogP contribution in [-0.4, -0.2) is 16.1 Å². The Morgan fingerprint density at radius 2 is 1.62 bits per heavy atom. The molecule has 6 heteroatoms. The smallest absolute Gasteiger partial charge is 0.229 e. The molecule has 0 bridgehead atoms. The van der Waals surface area contributed by atoms with Crippen LogP contribution in [0.25, 0.3) is 0 Å². The van der Waals surface area contributed by atoms with Gasteiger partial charge < -0.3 is 15.4 Å². The Kier molecular flexibility index (Phi) is 5.31. The summed E-state index contributed by atoms with van der Waals surface area (Å²) in [6.07, 6.45) is 0.0587. The Bertz CT molecular complexity index is 898. The predicted octanol–water partition coefficient (Wildman–Crippen LogP) is 5.20. The third kappa shape index (κ3) is 4.47. The second-order valence-corrected chi connectivity index (χ2v) is 6.11. The van der Waals surface area contributed by atoms with Gasteiger partial charge in [0.25, 0.3) is 0 Å². The lowest BCUT2D eigenvalue weighted by molar-refractivity contribution is 0.244. The van der Waals surface area contributed by atoms with Crippen LogP contribution in [0.1, 0.15) is 19.5 Å². The summed E-state index contributed by atoms with van der Waals surface area (Å²) in [5, 5.41) is 6.17. The average Bonchev–Trinajstić information content (AvgIpc) is 2.58. The monoisotopic (exact) mass is 352 g/mol. The van der Waals surface area contributed by atoms with Gasteiger partial charge in [-0.15, -0.1) is 0 Å². The molecule has 0 aliphatic rings. The van der Waals surface area contributed by atoms with Crippen LogP contribution >= 0.6 is 0 Å². The zero-order valence-electron chi connectivity index (χ0n) is 15.0. The minimum atomic E-state index is -0.359. The van der Waals surface area contributed by atoms with Gasteiger partial charge in [-0.05, 0) is 45.0 Å². The number of anilines is 4. The van der Waals surface area contributed by atoms with Crippen molar-refractivity contribution in [3.63, 3.8) is 0 Å². The second kappa shape index (κ2) is 7.82. The minimum absolute atomic E-state index is 0.0587. The number of aromatic nitrogens is 2. The Morgan fingerprint density at radius 3 is 2.35 bits per heavy atom. The van der Waals surface area contributed by atoms with Crippen molar-refractivity contribution in [2.75, 3.05) is 10.6 Å². The molecule has 26 heavy (non-hydrogen) atoms. The summed E-state index contributed by atoms with van der Waals surface area (Å²) in [4.78, 5) is 8.75. The summed E-state index contributed by atoms with van der Waals surface area (Å²) in [6, 6.07) is 15.9. The Labute approximate surface area is 152 Å². The number of nitrogens with one attached hydrogen (secondary N) is 2. The van der Waals surface area contributed by atoms with Crippen molar-refractivity contribution in [1.82, 2.24) is 9.97 Å². The van der Waals surface area contributed by atoms with Gasteiger partial charge in [0.2, 0.25) is 5.95 Å². The molecule has 0 unspecified atom stereocenters. The fourth-order valence-corrected chi connectivity index (χ4v) is 2.44. The second-order valence-electron chi connectivity index (χ2n) is 6.11. The highest BCUT2D eigenvalue weighted by Crippen LogP contribution is 2.28. The third-order valence-electron chi connectivity index (χ3n) is 3.49. The lowest BCUT2D eigenvalue weighted by atomic mass is 10.3. The first-order valence-electron chi connectivity index (χ1n) is 8.41. The molecule has 134 valence electrons. The first-order valence-corrected chi connectivity index (χ1v) is 8.41. The molecule has 0 saturated heterocycles. The highest BCUT2D eigenvalue weighted by atomic mass is 19.1. The van der Waals surface area contributed by atoms with E-state index in [0.717, 1.165) is 17.1 Å². The largest absolute Gasteiger partial charge is 0.489 e. The molecule has 0 fully saturated rings. The van der Waals surface area contributed by atoms with Crippen LogP contribution in [-0.2, 0) is 0 Å². The average molecular weight is 352 g/mol. The normalized spacial score (nSPS) is 10.7. The number of hydrogen-bond acceptors (Lipinski definition) is 5. The standard InChI is InChI=1S/C20H21FN4O/c1-13(2)26-18-11-7-6-10-17(18)23-19-12-14(3)22-20(25-19)24-16-9-5-4-8-15(16)21/h4-13H,1-3H3,(H2,22,23,24,25). The highest BCUT2D eigenvalue weighted by molar-refractivity contribution is 5.65. The molecule has 0 atom stereocenters. The summed E-state index contributed by atoms with van der Waals surface area (Å²) < 4.78 is 19.7. The van der Waals surface area contributed by atoms with Crippen LogP contribution in [0.3, 0.4) is 0 Å². The van der Waals surface area contributed by atoms with Gasteiger partial charge in [-0.3, -0.25) is 0 Å². The van der Waals surface area contributed by atoms with Crippen LogP contribution in [0, 0.1) is 12.7 Å². The van der Waals surface area contributed by atoms with Gasteiger partial charge in [0.15, 0.2) is 0 Å². The summed E-state index contributed by atoms with van der Waals surface area (Å²) in [6.45, 7) is 5.81. The molecular formula is C20H21FN4O. The van der Waals surface area contributed by atoms with Gasteiger partial charge in [0.05, 0.1) is 17.5 Å². The molecule has 0 amide bonds. The molecule has 3 rings (SSSR count). The highest BCUT2D eigenvalue weighted by Gasteiger charge is 2.09. The van der Waals surface area contributed by atoms with Crippen LogP contribution in [0.4, 0.5) is 27.5 Å². The predicted molar refractivity (Wildman–Crippen MR) is 102 cm³/mol. The van der Waals surface area contributed by atoms with Gasteiger partial charge in [0.1, 0.15) is 17.4 Å². The van der Waals surface area contributed by atoms with E-state index in [2.05, 4.69) is 20.6 Å². The zero-order chi connectivity index (χ0) is 18.5. The topological polar surface area (TPSA) is 59.1 Å². The summed E-state index contributed by atoms with van der Waals surface area (Å²) >= 11 is 0. The molecule has 2 aromatic carbocycles. The fourth-order valence-electron chi connectivity index (χ4n) is 2.44. The van der Waals surface area contributed by atoms with E-state index in [1.165, 1.54) is 6.07 Å². The van der Waals surface area contributed by atoms with Crippen LogP contribution in [0.5, 0.6) is 5.75 Å². The number of nitrogens with zero attached hydrogens (tertiary/aromatic N) is 2. The number of hydrogen-bond donors (Lipinski definition) is 2. The van der Waals surface area contributed by atoms with Crippen LogP contribution in [0.15, 0.2) is 54.6 Å². The maximum Gasteiger partial charge on any atom is 0.229 e. The van der Waals surface area contributed by atoms with Gasteiger partial charge in [-0.2, -0.15) is 4.98 Å². The van der Waals surface area contributed by atoms with Crippen LogP contribution in [0.2, 0.25) is 0 Å². The number of para-hydroxylation sites is 3. The molecule has 0 radical (unpaired) electrons. The molecule has 0 spiro atoms. The third-order valence-corrected chi connectivity index (χ3v) is 3.49. The lowest BCUT2D eigenvalue weighted by Crippen LogP contribution is -2.08. The molecule has 0 saturated carbocycles. The first-order chi connectivity index (χ1) is 12.5. The van der Waals surface area contributed by atoms with Gasteiger partial charge in [0, 0.05) is 11.8 Å². The Balaban J connectivity index is 1.86. The number of ether oxygens (including phenoxy) is 1. The number of aryl methyl sites for hydroxylation is 1. The molecule has 1 aromatic heterocycles. The molecule has 0 aliphatic carbocycles. The van der Waals surface area contributed by atoms with Gasteiger partial charge in [-0.25, -0.2) is 9.37 Å². The molecule has 1 heterocycles. The zero-order valence-corrected chi connectivity index (χ0v) is 15.0. The number of halogens is 1. The lowest BCUT2D eigenvalue weighted by Gasteiger charge is -2.16. The number of benzene rings is 2. The van der Waals surface area contributed by atoms with Crippen molar-refractivity contribution < 1.29 is 9.13 Å². The van der Waals surface area contributed by atoms with E-state index in [4.69, 9.17) is 4.74 Å². The Hall–Kier alpha value is -3.15. The van der Waals surface area contributed by atoms with Gasteiger partial charge >= 0.3 is 0 Å². The van der Waals surface area contributed by atoms with E-state index in [1.54, 1.807) is 18.2 Å². The molecule has 5 nitrogen and oxygen atoms in total. The van der Waals surface area contributed by atoms with E-state index in [0.29, 0.717) is 17.5 Å². The first kappa shape index (κ1) is 17.7. The van der Waals surface area contributed by atoms with Crippen molar-refractivity contribution in [2.24, 2.45) is 0 Å². The SMILES string of the molecule is Cc1cc(Nc2ccccc2OC(C)C)nc(Nc2ccccc2F)n1. The number of rotatable bonds is 6. The van der Waals surface area contributed by atoms with Crippen molar-refractivity contribution >= 4 is 23.1 Å². The fraction of sp³-hybridized carbons (Fsp3) is 0.200. The minimum Gasteiger partial charge on any atom is -0.489 e. The Morgan fingerprint density at radius 1 is 0.923 bits per heavy atom. The van der Waals surface area contributed by atoms with Crippen molar-refractivity contribution in [3.05, 3.63) is 66.1 Å². The maximum absolute atomic E-state index is 13.8. The van der Waals surface area contributed by atoms with E-state index >= 15 is 0 Å². The van der Waals surface area contributed by atoms with Crippen molar-refractivity contribution in [3.8, 4) is 5.75 Å². The quantitative estimate of drug-likeness (QED) is 0.639. The molecular weight excluding hydrogens is 331 g/mol. The summed E-state index contributed by atoms with van der Waals surface area (Å²) in [5.41, 5.74) is 1.88. The molecule has 0 aliphatic heterocycles.